The number of fused-ring (bicyclic) bond motifs is 5. The standard InChI is InChI=1S/C28H36O2/c1-4-20-11-13-24-23-12-10-21-18-22(30-26(29)19-8-6-5-7-9-19)14-16-28(21,3)25(23)15-17-27(20,24)2/h4-9,15,21-24H,10-14,16-18H2,1-3H3/b20-4-/t21-,22+,23-,24-,27+,28-/m0/s1. The number of esters is 1. The molecule has 2 nitrogen and oxygen atoms in total. The zero-order valence-electron chi connectivity index (χ0n) is 18.8. The van der Waals surface area contributed by atoms with Gasteiger partial charge in [-0.3, -0.25) is 0 Å². The Morgan fingerprint density at radius 1 is 1.07 bits per heavy atom. The lowest BCUT2D eigenvalue weighted by Gasteiger charge is -2.56. The largest absolute Gasteiger partial charge is 0.459 e. The summed E-state index contributed by atoms with van der Waals surface area (Å²) >= 11 is 0. The summed E-state index contributed by atoms with van der Waals surface area (Å²) in [5, 5.41) is 0. The van der Waals surface area contributed by atoms with Crippen molar-refractivity contribution in [2.24, 2.45) is 28.6 Å². The van der Waals surface area contributed by atoms with Crippen LogP contribution in [0.15, 0.2) is 53.6 Å². The van der Waals surface area contributed by atoms with Crippen LogP contribution in [-0.4, -0.2) is 12.1 Å². The number of carbonyl (C=O) groups excluding carboxylic acids is 1. The highest BCUT2D eigenvalue weighted by Gasteiger charge is 2.55. The predicted molar refractivity (Wildman–Crippen MR) is 121 cm³/mol. The molecule has 5 rings (SSSR count). The molecule has 3 fully saturated rings. The van der Waals surface area contributed by atoms with Gasteiger partial charge in [0.1, 0.15) is 6.10 Å². The molecule has 4 aliphatic carbocycles. The number of hydrogen-bond acceptors (Lipinski definition) is 2. The van der Waals surface area contributed by atoms with Crippen LogP contribution in [0.3, 0.4) is 0 Å². The van der Waals surface area contributed by atoms with Crippen molar-refractivity contribution in [3.63, 3.8) is 0 Å². The van der Waals surface area contributed by atoms with Crippen LogP contribution in [0.4, 0.5) is 0 Å². The molecule has 0 bridgehead atoms. The number of benzene rings is 1. The summed E-state index contributed by atoms with van der Waals surface area (Å²) in [6.45, 7) is 7.29. The van der Waals surface area contributed by atoms with Crippen LogP contribution in [0, 0.1) is 28.6 Å². The number of ether oxygens (including phenoxy) is 1. The monoisotopic (exact) mass is 404 g/mol. The second-order valence-electron chi connectivity index (χ2n) is 10.7. The summed E-state index contributed by atoms with van der Waals surface area (Å²) in [5.74, 6) is 2.09. The van der Waals surface area contributed by atoms with Gasteiger partial charge in [-0.2, -0.15) is 0 Å². The van der Waals surface area contributed by atoms with Gasteiger partial charge in [0.15, 0.2) is 0 Å². The van der Waals surface area contributed by atoms with Gasteiger partial charge in [0.25, 0.3) is 0 Å². The van der Waals surface area contributed by atoms with E-state index in [0.29, 0.717) is 22.3 Å². The van der Waals surface area contributed by atoms with Crippen LogP contribution in [-0.2, 0) is 4.74 Å². The summed E-state index contributed by atoms with van der Waals surface area (Å²) in [5.41, 5.74) is 4.84. The Kier molecular flexibility index (Phi) is 4.95. The molecule has 0 amide bonds. The Labute approximate surface area is 181 Å². The van der Waals surface area contributed by atoms with Crippen molar-refractivity contribution in [3.8, 4) is 0 Å². The third kappa shape index (κ3) is 3.01. The van der Waals surface area contributed by atoms with Crippen molar-refractivity contribution in [1.82, 2.24) is 0 Å². The molecule has 1 aromatic rings. The lowest BCUT2D eigenvalue weighted by molar-refractivity contribution is -0.0259. The highest BCUT2D eigenvalue weighted by molar-refractivity contribution is 5.89. The molecule has 0 radical (unpaired) electrons. The van der Waals surface area contributed by atoms with E-state index in [-0.39, 0.29) is 12.1 Å². The molecule has 1 aromatic carbocycles. The van der Waals surface area contributed by atoms with Gasteiger partial charge in [-0.05, 0) is 99.0 Å². The summed E-state index contributed by atoms with van der Waals surface area (Å²) in [4.78, 5) is 12.6. The number of hydrogen-bond donors (Lipinski definition) is 0. The first-order valence-corrected chi connectivity index (χ1v) is 12.1. The maximum Gasteiger partial charge on any atom is 0.338 e. The molecule has 4 aliphatic rings. The Hall–Kier alpha value is -1.83. The molecule has 6 atom stereocenters. The number of rotatable bonds is 2. The Balaban J connectivity index is 1.33. The lowest BCUT2D eigenvalue weighted by Crippen LogP contribution is -2.48. The first kappa shape index (κ1) is 20.1. The van der Waals surface area contributed by atoms with Gasteiger partial charge in [-0.15, -0.1) is 0 Å². The minimum atomic E-state index is -0.157. The fourth-order valence-corrected chi connectivity index (χ4v) is 7.72. The van der Waals surface area contributed by atoms with Crippen molar-refractivity contribution < 1.29 is 9.53 Å². The van der Waals surface area contributed by atoms with E-state index < -0.39 is 0 Å². The van der Waals surface area contributed by atoms with Crippen molar-refractivity contribution >= 4 is 5.97 Å². The Morgan fingerprint density at radius 2 is 1.87 bits per heavy atom. The van der Waals surface area contributed by atoms with Gasteiger partial charge in [0.2, 0.25) is 0 Å². The molecule has 3 saturated carbocycles. The molecular formula is C28H36O2. The molecule has 30 heavy (non-hydrogen) atoms. The molecule has 0 aromatic heterocycles. The summed E-state index contributed by atoms with van der Waals surface area (Å²) in [7, 11) is 0. The van der Waals surface area contributed by atoms with Gasteiger partial charge >= 0.3 is 5.97 Å². The number of carbonyl (C=O) groups is 1. The van der Waals surface area contributed by atoms with E-state index in [9.17, 15) is 4.79 Å². The van der Waals surface area contributed by atoms with Crippen LogP contribution in [0.5, 0.6) is 0 Å². The summed E-state index contributed by atoms with van der Waals surface area (Å²) < 4.78 is 5.96. The van der Waals surface area contributed by atoms with Crippen LogP contribution in [0.2, 0.25) is 0 Å². The second-order valence-corrected chi connectivity index (χ2v) is 10.7. The Bertz CT molecular complexity index is 881. The van der Waals surface area contributed by atoms with E-state index in [0.717, 1.165) is 31.1 Å². The smallest absolute Gasteiger partial charge is 0.338 e. The SMILES string of the molecule is C/C=C1/CC[C@H]2[C@@H]3CC[C@H]4C[C@H](OC(=O)c5ccccc5)CC[C@]4(C)C3=CC[C@]12C. The van der Waals surface area contributed by atoms with Gasteiger partial charge in [0.05, 0.1) is 5.56 Å². The van der Waals surface area contributed by atoms with E-state index in [1.165, 1.54) is 32.1 Å². The molecule has 2 heteroatoms. The van der Waals surface area contributed by atoms with Gasteiger partial charge < -0.3 is 4.74 Å². The first-order valence-electron chi connectivity index (χ1n) is 12.1. The third-order valence-electron chi connectivity index (χ3n) is 9.46. The van der Waals surface area contributed by atoms with E-state index >= 15 is 0 Å². The van der Waals surface area contributed by atoms with E-state index in [1.807, 2.05) is 30.3 Å². The fraction of sp³-hybridized carbons (Fsp3) is 0.607. The fourth-order valence-electron chi connectivity index (χ4n) is 7.72. The molecule has 0 spiro atoms. The summed E-state index contributed by atoms with van der Waals surface area (Å²) in [6, 6.07) is 9.45. The second kappa shape index (κ2) is 7.39. The quantitative estimate of drug-likeness (QED) is 0.387. The van der Waals surface area contributed by atoms with Gasteiger partial charge in [0, 0.05) is 0 Å². The molecule has 0 aliphatic heterocycles. The average molecular weight is 405 g/mol. The van der Waals surface area contributed by atoms with E-state index in [2.05, 4.69) is 32.9 Å². The van der Waals surface area contributed by atoms with Crippen LogP contribution in [0.25, 0.3) is 0 Å². The highest BCUT2D eigenvalue weighted by Crippen LogP contribution is 2.65. The van der Waals surface area contributed by atoms with Gasteiger partial charge in [-0.25, -0.2) is 4.79 Å². The lowest BCUT2D eigenvalue weighted by atomic mass is 9.49. The minimum Gasteiger partial charge on any atom is -0.459 e. The molecular weight excluding hydrogens is 368 g/mol. The molecule has 0 N–H and O–H groups in total. The molecule has 160 valence electrons. The molecule has 0 heterocycles. The average Bonchev–Trinajstić information content (AvgIpc) is 3.11. The predicted octanol–water partition coefficient (Wildman–Crippen LogP) is 7.12. The first-order chi connectivity index (χ1) is 14.5. The maximum atomic E-state index is 12.6. The van der Waals surface area contributed by atoms with Crippen LogP contribution >= 0.6 is 0 Å². The summed E-state index contributed by atoms with van der Waals surface area (Å²) in [6.07, 6.45) is 14.8. The maximum absolute atomic E-state index is 12.6. The Morgan fingerprint density at radius 3 is 2.63 bits per heavy atom. The highest BCUT2D eigenvalue weighted by atomic mass is 16.5. The molecule has 0 saturated heterocycles. The normalized spacial score (nSPS) is 41.4. The zero-order valence-corrected chi connectivity index (χ0v) is 18.8. The minimum absolute atomic E-state index is 0.0721. The third-order valence-corrected chi connectivity index (χ3v) is 9.46. The van der Waals surface area contributed by atoms with Crippen LogP contribution in [0.1, 0.15) is 82.5 Å². The topological polar surface area (TPSA) is 26.3 Å². The van der Waals surface area contributed by atoms with Gasteiger partial charge in [-0.1, -0.05) is 55.3 Å². The van der Waals surface area contributed by atoms with Crippen molar-refractivity contribution in [3.05, 3.63) is 59.2 Å². The number of allylic oxidation sites excluding steroid dienone is 4. The zero-order chi connectivity index (χ0) is 20.9. The van der Waals surface area contributed by atoms with Crippen molar-refractivity contribution in [2.75, 3.05) is 0 Å². The van der Waals surface area contributed by atoms with E-state index in [4.69, 9.17) is 4.74 Å². The van der Waals surface area contributed by atoms with E-state index in [1.54, 1.807) is 11.1 Å². The van der Waals surface area contributed by atoms with Crippen LogP contribution < -0.4 is 0 Å². The molecule has 0 unspecified atom stereocenters. The van der Waals surface area contributed by atoms with Crippen molar-refractivity contribution in [1.29, 1.82) is 0 Å². The van der Waals surface area contributed by atoms with Crippen molar-refractivity contribution in [2.45, 2.75) is 78.2 Å².